The van der Waals surface area contributed by atoms with Crippen molar-refractivity contribution in [2.24, 2.45) is 0 Å². The molecule has 0 fully saturated rings. The molecule has 1 unspecified atom stereocenters. The summed E-state index contributed by atoms with van der Waals surface area (Å²) >= 11 is 1.53. The van der Waals surface area contributed by atoms with Crippen LogP contribution in [0.15, 0.2) is 17.0 Å². The number of anilines is 1. The SMILES string of the molecule is CC(CO)Sc1cc2c(cc1N)OCCO2. The molecular weight excluding hydrogens is 226 g/mol. The largest absolute Gasteiger partial charge is 0.486 e. The molecule has 0 saturated heterocycles. The first-order valence-corrected chi connectivity index (χ1v) is 6.05. The predicted octanol–water partition coefficient (Wildman–Crippen LogP) is 1.51. The summed E-state index contributed by atoms with van der Waals surface area (Å²) < 4.78 is 10.9. The average Bonchev–Trinajstić information content (AvgIpc) is 2.30. The molecular formula is C11H15NO3S. The van der Waals surface area contributed by atoms with Crippen molar-refractivity contribution in [1.82, 2.24) is 0 Å². The molecule has 88 valence electrons. The van der Waals surface area contributed by atoms with Crippen LogP contribution >= 0.6 is 11.8 Å². The maximum absolute atomic E-state index is 9.01. The van der Waals surface area contributed by atoms with Crippen molar-refractivity contribution in [3.8, 4) is 11.5 Å². The van der Waals surface area contributed by atoms with E-state index in [0.717, 1.165) is 10.6 Å². The van der Waals surface area contributed by atoms with E-state index in [1.54, 1.807) is 6.07 Å². The van der Waals surface area contributed by atoms with Gasteiger partial charge in [0.15, 0.2) is 11.5 Å². The molecule has 0 aliphatic carbocycles. The Kier molecular flexibility index (Phi) is 3.46. The minimum atomic E-state index is 0.116. The van der Waals surface area contributed by atoms with Crippen LogP contribution in [-0.2, 0) is 0 Å². The number of ether oxygens (including phenoxy) is 2. The Morgan fingerprint density at radius 2 is 2.00 bits per heavy atom. The third-order valence-electron chi connectivity index (χ3n) is 2.26. The van der Waals surface area contributed by atoms with Crippen LogP contribution in [0, 0.1) is 0 Å². The fourth-order valence-corrected chi connectivity index (χ4v) is 2.32. The summed E-state index contributed by atoms with van der Waals surface area (Å²) in [4.78, 5) is 0.922. The number of rotatable bonds is 3. The molecule has 1 aromatic carbocycles. The lowest BCUT2D eigenvalue weighted by molar-refractivity contribution is 0.171. The van der Waals surface area contributed by atoms with E-state index >= 15 is 0 Å². The average molecular weight is 241 g/mol. The van der Waals surface area contributed by atoms with Crippen LogP contribution < -0.4 is 15.2 Å². The van der Waals surface area contributed by atoms with Gasteiger partial charge in [0.1, 0.15) is 13.2 Å². The summed E-state index contributed by atoms with van der Waals surface area (Å²) in [7, 11) is 0. The minimum absolute atomic E-state index is 0.116. The van der Waals surface area contributed by atoms with E-state index in [9.17, 15) is 0 Å². The van der Waals surface area contributed by atoms with Crippen LogP contribution in [0.3, 0.4) is 0 Å². The predicted molar refractivity (Wildman–Crippen MR) is 64.2 cm³/mol. The van der Waals surface area contributed by atoms with Crippen LogP contribution in [0.25, 0.3) is 0 Å². The van der Waals surface area contributed by atoms with Crippen LogP contribution in [0.1, 0.15) is 6.92 Å². The first-order valence-electron chi connectivity index (χ1n) is 5.17. The highest BCUT2D eigenvalue weighted by atomic mass is 32.2. The van der Waals surface area contributed by atoms with Crippen LogP contribution in [0.5, 0.6) is 11.5 Å². The number of hydrogen-bond acceptors (Lipinski definition) is 5. The van der Waals surface area contributed by atoms with Gasteiger partial charge in [0.05, 0.1) is 6.61 Å². The van der Waals surface area contributed by atoms with Gasteiger partial charge in [0, 0.05) is 21.9 Å². The van der Waals surface area contributed by atoms with Crippen molar-refractivity contribution in [2.75, 3.05) is 25.6 Å². The van der Waals surface area contributed by atoms with E-state index < -0.39 is 0 Å². The number of aliphatic hydroxyl groups is 1. The molecule has 1 aliphatic heterocycles. The van der Waals surface area contributed by atoms with Crippen LogP contribution in [0.4, 0.5) is 5.69 Å². The summed E-state index contributed by atoms with van der Waals surface area (Å²) in [6.45, 7) is 3.20. The van der Waals surface area contributed by atoms with Crippen LogP contribution in [0.2, 0.25) is 0 Å². The smallest absolute Gasteiger partial charge is 0.163 e. The lowest BCUT2D eigenvalue weighted by atomic mass is 10.2. The molecule has 0 bridgehead atoms. The number of benzene rings is 1. The third-order valence-corrected chi connectivity index (χ3v) is 3.42. The van der Waals surface area contributed by atoms with E-state index in [-0.39, 0.29) is 11.9 Å². The van der Waals surface area contributed by atoms with Gasteiger partial charge in [-0.25, -0.2) is 0 Å². The maximum atomic E-state index is 9.01. The summed E-state index contributed by atoms with van der Waals surface area (Å²) in [5, 5.41) is 9.12. The van der Waals surface area contributed by atoms with Gasteiger partial charge in [-0.1, -0.05) is 6.92 Å². The van der Waals surface area contributed by atoms with Gasteiger partial charge in [-0.05, 0) is 6.07 Å². The highest BCUT2D eigenvalue weighted by Crippen LogP contribution is 2.39. The monoisotopic (exact) mass is 241 g/mol. The Morgan fingerprint density at radius 3 is 2.62 bits per heavy atom. The second-order valence-electron chi connectivity index (χ2n) is 3.64. The Bertz CT molecular complexity index is 384. The van der Waals surface area contributed by atoms with Gasteiger partial charge in [-0.3, -0.25) is 0 Å². The van der Waals surface area contributed by atoms with E-state index in [1.807, 2.05) is 13.0 Å². The molecule has 0 aromatic heterocycles. The number of hydrogen-bond donors (Lipinski definition) is 2. The van der Waals surface area contributed by atoms with Crippen molar-refractivity contribution in [3.63, 3.8) is 0 Å². The van der Waals surface area contributed by atoms with Crippen molar-refractivity contribution in [3.05, 3.63) is 12.1 Å². The Hall–Kier alpha value is -1.07. The molecule has 2 rings (SSSR count). The molecule has 0 spiro atoms. The Labute approximate surface area is 98.7 Å². The molecule has 5 heteroatoms. The van der Waals surface area contributed by atoms with Gasteiger partial charge >= 0.3 is 0 Å². The first kappa shape index (κ1) is 11.4. The number of nitrogen functional groups attached to an aromatic ring is 1. The minimum Gasteiger partial charge on any atom is -0.486 e. The van der Waals surface area contributed by atoms with Crippen molar-refractivity contribution < 1.29 is 14.6 Å². The van der Waals surface area contributed by atoms with E-state index in [4.69, 9.17) is 20.3 Å². The fourth-order valence-electron chi connectivity index (χ4n) is 1.44. The highest BCUT2D eigenvalue weighted by Gasteiger charge is 2.16. The lowest BCUT2D eigenvalue weighted by Crippen LogP contribution is -2.15. The zero-order chi connectivity index (χ0) is 11.5. The van der Waals surface area contributed by atoms with E-state index in [1.165, 1.54) is 11.8 Å². The van der Waals surface area contributed by atoms with Gasteiger partial charge in [0.2, 0.25) is 0 Å². The molecule has 1 aromatic rings. The lowest BCUT2D eigenvalue weighted by Gasteiger charge is -2.20. The molecule has 0 radical (unpaired) electrons. The van der Waals surface area contributed by atoms with E-state index in [0.29, 0.717) is 24.7 Å². The number of aliphatic hydroxyl groups excluding tert-OH is 1. The molecule has 1 heterocycles. The number of fused-ring (bicyclic) bond motifs is 1. The van der Waals surface area contributed by atoms with E-state index in [2.05, 4.69) is 0 Å². The molecule has 3 N–H and O–H groups in total. The zero-order valence-corrected chi connectivity index (χ0v) is 9.92. The molecule has 16 heavy (non-hydrogen) atoms. The molecule has 4 nitrogen and oxygen atoms in total. The van der Waals surface area contributed by atoms with Crippen LogP contribution in [-0.4, -0.2) is 30.2 Å². The fraction of sp³-hybridized carbons (Fsp3) is 0.455. The summed E-state index contributed by atoms with van der Waals surface area (Å²) in [5.41, 5.74) is 6.57. The van der Waals surface area contributed by atoms with Gasteiger partial charge in [0.25, 0.3) is 0 Å². The summed E-state index contributed by atoms with van der Waals surface area (Å²) in [5.74, 6) is 1.43. The standard InChI is InChI=1S/C11H15NO3S/c1-7(6-13)16-11-5-10-9(4-8(11)12)14-2-3-15-10/h4-5,7,13H,2-3,6,12H2,1H3. The first-order chi connectivity index (χ1) is 7.70. The van der Waals surface area contributed by atoms with Gasteiger partial charge in [-0.15, -0.1) is 11.8 Å². The maximum Gasteiger partial charge on any atom is 0.163 e. The third kappa shape index (κ3) is 2.36. The van der Waals surface area contributed by atoms with Crippen molar-refractivity contribution in [2.45, 2.75) is 17.1 Å². The normalized spacial score (nSPS) is 15.9. The topological polar surface area (TPSA) is 64.7 Å². The number of nitrogens with two attached hydrogens (primary N) is 1. The Balaban J connectivity index is 2.25. The molecule has 1 atom stereocenters. The number of thioether (sulfide) groups is 1. The second kappa shape index (κ2) is 4.84. The van der Waals surface area contributed by atoms with Gasteiger partial charge < -0.3 is 20.3 Å². The van der Waals surface area contributed by atoms with Gasteiger partial charge in [-0.2, -0.15) is 0 Å². The van der Waals surface area contributed by atoms with Crippen molar-refractivity contribution in [1.29, 1.82) is 0 Å². The quantitative estimate of drug-likeness (QED) is 0.620. The Morgan fingerprint density at radius 1 is 1.38 bits per heavy atom. The highest BCUT2D eigenvalue weighted by molar-refractivity contribution is 8.00. The molecule has 0 saturated carbocycles. The molecule has 0 amide bonds. The summed E-state index contributed by atoms with van der Waals surface area (Å²) in [6, 6.07) is 3.65. The summed E-state index contributed by atoms with van der Waals surface area (Å²) in [6.07, 6.45) is 0. The second-order valence-corrected chi connectivity index (χ2v) is 5.13. The van der Waals surface area contributed by atoms with Crippen molar-refractivity contribution >= 4 is 17.4 Å². The zero-order valence-electron chi connectivity index (χ0n) is 9.10. The molecule has 1 aliphatic rings.